The van der Waals surface area contributed by atoms with Crippen molar-refractivity contribution in [2.75, 3.05) is 0 Å². The third-order valence-electron chi connectivity index (χ3n) is 2.33. The molecule has 15 heavy (non-hydrogen) atoms. The van der Waals surface area contributed by atoms with Crippen molar-refractivity contribution in [1.29, 1.82) is 5.26 Å². The number of aromatic hydroxyl groups is 1. The topological polar surface area (TPSA) is 70.0 Å². The minimum atomic E-state index is -0.361. The Morgan fingerprint density at radius 3 is 2.93 bits per heavy atom. The molecule has 0 aliphatic heterocycles. The number of hydrogen-bond acceptors (Lipinski definition) is 4. The molecule has 0 fully saturated rings. The van der Waals surface area contributed by atoms with Crippen LogP contribution < -0.4 is 0 Å². The first-order valence-corrected chi connectivity index (χ1v) is 4.62. The van der Waals surface area contributed by atoms with Crippen molar-refractivity contribution in [2.45, 2.75) is 19.8 Å². The number of nitriles is 1. The van der Waals surface area contributed by atoms with E-state index < -0.39 is 0 Å². The molecule has 0 radical (unpaired) electrons. The fraction of sp³-hybridized carbons (Fsp3) is 0.273. The Kier molecular flexibility index (Phi) is 2.09. The molecule has 1 aromatic heterocycles. The Bertz CT molecular complexity index is 551. The molecule has 1 unspecified atom stereocenters. The van der Waals surface area contributed by atoms with Gasteiger partial charge in [-0.25, -0.2) is 4.98 Å². The average molecular weight is 202 g/mol. The zero-order chi connectivity index (χ0) is 11.0. The molecule has 0 aliphatic rings. The van der Waals surface area contributed by atoms with Gasteiger partial charge < -0.3 is 9.52 Å². The van der Waals surface area contributed by atoms with E-state index in [-0.39, 0.29) is 11.7 Å². The Hall–Kier alpha value is -2.02. The first kappa shape index (κ1) is 9.53. The van der Waals surface area contributed by atoms with E-state index in [1.54, 1.807) is 26.0 Å². The van der Waals surface area contributed by atoms with Crippen LogP contribution in [0.5, 0.6) is 5.75 Å². The number of fused-ring (bicyclic) bond motifs is 1. The van der Waals surface area contributed by atoms with Crippen molar-refractivity contribution < 1.29 is 9.52 Å². The molecular weight excluding hydrogens is 192 g/mol. The highest BCUT2D eigenvalue weighted by molar-refractivity contribution is 5.81. The van der Waals surface area contributed by atoms with Gasteiger partial charge in [-0.1, -0.05) is 6.07 Å². The summed E-state index contributed by atoms with van der Waals surface area (Å²) in [5, 5.41) is 18.7. The van der Waals surface area contributed by atoms with Gasteiger partial charge in [0, 0.05) is 12.5 Å². The van der Waals surface area contributed by atoms with E-state index in [1.807, 2.05) is 0 Å². The lowest BCUT2D eigenvalue weighted by atomic mass is 10.0. The maximum absolute atomic E-state index is 9.88. The minimum Gasteiger partial charge on any atom is -0.504 e. The molecule has 4 heteroatoms. The summed E-state index contributed by atoms with van der Waals surface area (Å²) in [5.74, 6) is 0.156. The third-order valence-corrected chi connectivity index (χ3v) is 2.33. The number of oxazole rings is 1. The normalized spacial score (nSPS) is 12.6. The van der Waals surface area contributed by atoms with Crippen molar-refractivity contribution in [2.24, 2.45) is 0 Å². The van der Waals surface area contributed by atoms with Crippen molar-refractivity contribution in [3.8, 4) is 11.8 Å². The zero-order valence-corrected chi connectivity index (χ0v) is 8.48. The van der Waals surface area contributed by atoms with Gasteiger partial charge in [-0.2, -0.15) is 5.26 Å². The SMILES string of the molecule is Cc1nc2ccc(C(C)C#N)c(O)c2o1. The summed E-state index contributed by atoms with van der Waals surface area (Å²) in [7, 11) is 0. The number of aryl methyl sites for hydroxylation is 1. The van der Waals surface area contributed by atoms with Crippen LogP contribution in [0.3, 0.4) is 0 Å². The number of nitrogens with zero attached hydrogens (tertiary/aromatic N) is 2. The van der Waals surface area contributed by atoms with E-state index in [0.717, 1.165) is 0 Å². The number of aromatic nitrogens is 1. The van der Waals surface area contributed by atoms with Crippen molar-refractivity contribution >= 4 is 11.1 Å². The molecule has 1 aromatic carbocycles. The predicted molar refractivity (Wildman–Crippen MR) is 54.4 cm³/mol. The van der Waals surface area contributed by atoms with E-state index in [0.29, 0.717) is 22.6 Å². The van der Waals surface area contributed by atoms with Crippen LogP contribution >= 0.6 is 0 Å². The van der Waals surface area contributed by atoms with E-state index in [1.165, 1.54) is 0 Å². The molecule has 2 aromatic rings. The zero-order valence-electron chi connectivity index (χ0n) is 8.48. The predicted octanol–water partition coefficient (Wildman–Crippen LogP) is 2.47. The van der Waals surface area contributed by atoms with Crippen LogP contribution in [0.1, 0.15) is 24.3 Å². The Labute approximate surface area is 86.8 Å². The number of phenolic OH excluding ortho intramolecular Hbond substituents is 1. The van der Waals surface area contributed by atoms with E-state index in [9.17, 15) is 5.11 Å². The van der Waals surface area contributed by atoms with E-state index >= 15 is 0 Å². The summed E-state index contributed by atoms with van der Waals surface area (Å²) in [6.07, 6.45) is 0. The summed E-state index contributed by atoms with van der Waals surface area (Å²) >= 11 is 0. The fourth-order valence-corrected chi connectivity index (χ4v) is 1.52. The highest BCUT2D eigenvalue weighted by Gasteiger charge is 2.15. The van der Waals surface area contributed by atoms with Crippen LogP contribution in [0.4, 0.5) is 0 Å². The summed E-state index contributed by atoms with van der Waals surface area (Å²) < 4.78 is 5.26. The van der Waals surface area contributed by atoms with Gasteiger partial charge in [-0.3, -0.25) is 0 Å². The summed E-state index contributed by atoms with van der Waals surface area (Å²) in [5.41, 5.74) is 1.53. The molecule has 1 atom stereocenters. The summed E-state index contributed by atoms with van der Waals surface area (Å²) in [4.78, 5) is 4.09. The second-order valence-corrected chi connectivity index (χ2v) is 3.44. The Balaban J connectivity index is 2.70. The monoisotopic (exact) mass is 202 g/mol. The maximum Gasteiger partial charge on any atom is 0.196 e. The van der Waals surface area contributed by atoms with Gasteiger partial charge >= 0.3 is 0 Å². The minimum absolute atomic E-state index is 0.0159. The lowest BCUT2D eigenvalue weighted by Gasteiger charge is -2.04. The van der Waals surface area contributed by atoms with Crippen LogP contribution in [-0.2, 0) is 0 Å². The van der Waals surface area contributed by atoms with Crippen LogP contribution in [0, 0.1) is 18.3 Å². The second kappa shape index (κ2) is 3.28. The van der Waals surface area contributed by atoms with Gasteiger partial charge in [0.2, 0.25) is 0 Å². The highest BCUT2D eigenvalue weighted by Crippen LogP contribution is 2.33. The molecule has 0 aliphatic carbocycles. The molecule has 0 spiro atoms. The molecule has 1 heterocycles. The number of phenols is 1. The molecule has 4 nitrogen and oxygen atoms in total. The molecule has 0 saturated heterocycles. The summed E-state index contributed by atoms with van der Waals surface area (Å²) in [6, 6.07) is 5.52. The molecule has 1 N–H and O–H groups in total. The molecule has 0 amide bonds. The van der Waals surface area contributed by atoms with Crippen molar-refractivity contribution in [3.63, 3.8) is 0 Å². The molecule has 0 bridgehead atoms. The smallest absolute Gasteiger partial charge is 0.196 e. The Morgan fingerprint density at radius 1 is 1.53 bits per heavy atom. The van der Waals surface area contributed by atoms with Gasteiger partial charge in [0.05, 0.1) is 12.0 Å². The average Bonchev–Trinajstić information content (AvgIpc) is 2.59. The maximum atomic E-state index is 9.88. The number of hydrogen-bond donors (Lipinski definition) is 1. The molecule has 2 rings (SSSR count). The van der Waals surface area contributed by atoms with Gasteiger partial charge in [0.1, 0.15) is 5.52 Å². The standard InChI is InChI=1S/C11H10N2O2/c1-6(5-12)8-3-4-9-11(10(8)14)15-7(2)13-9/h3-4,6,14H,1-2H3. The van der Waals surface area contributed by atoms with Gasteiger partial charge in [-0.05, 0) is 13.0 Å². The second-order valence-electron chi connectivity index (χ2n) is 3.44. The third kappa shape index (κ3) is 1.42. The van der Waals surface area contributed by atoms with Crippen LogP contribution in [0.15, 0.2) is 16.5 Å². The van der Waals surface area contributed by atoms with Crippen LogP contribution in [-0.4, -0.2) is 10.1 Å². The quantitative estimate of drug-likeness (QED) is 0.771. The van der Waals surface area contributed by atoms with E-state index in [4.69, 9.17) is 9.68 Å². The van der Waals surface area contributed by atoms with Gasteiger partial charge in [-0.15, -0.1) is 0 Å². The first-order valence-electron chi connectivity index (χ1n) is 4.62. The Morgan fingerprint density at radius 2 is 2.27 bits per heavy atom. The molecular formula is C11H10N2O2. The molecule has 0 saturated carbocycles. The number of rotatable bonds is 1. The first-order chi connectivity index (χ1) is 7.13. The van der Waals surface area contributed by atoms with Gasteiger partial charge in [0.15, 0.2) is 17.2 Å². The lowest BCUT2D eigenvalue weighted by molar-refractivity contribution is 0.452. The highest BCUT2D eigenvalue weighted by atomic mass is 16.4. The molecule has 76 valence electrons. The fourth-order valence-electron chi connectivity index (χ4n) is 1.52. The van der Waals surface area contributed by atoms with Crippen LogP contribution in [0.25, 0.3) is 11.1 Å². The summed E-state index contributed by atoms with van der Waals surface area (Å²) in [6.45, 7) is 3.44. The van der Waals surface area contributed by atoms with Crippen molar-refractivity contribution in [3.05, 3.63) is 23.6 Å². The van der Waals surface area contributed by atoms with E-state index in [2.05, 4.69) is 11.1 Å². The van der Waals surface area contributed by atoms with Crippen molar-refractivity contribution in [1.82, 2.24) is 4.98 Å². The van der Waals surface area contributed by atoms with Gasteiger partial charge in [0.25, 0.3) is 0 Å². The van der Waals surface area contributed by atoms with Crippen LogP contribution in [0.2, 0.25) is 0 Å². The lowest BCUT2D eigenvalue weighted by Crippen LogP contribution is -1.90. The number of benzene rings is 1. The largest absolute Gasteiger partial charge is 0.504 e.